The topological polar surface area (TPSA) is 108 Å². The molecule has 1 aliphatic rings. The highest BCUT2D eigenvalue weighted by Gasteiger charge is 2.39. The van der Waals surface area contributed by atoms with Crippen molar-refractivity contribution in [1.82, 2.24) is 5.32 Å². The van der Waals surface area contributed by atoms with Crippen molar-refractivity contribution in [3.63, 3.8) is 0 Å². The average Bonchev–Trinajstić information content (AvgIpc) is 3.11. The summed E-state index contributed by atoms with van der Waals surface area (Å²) in [5.41, 5.74) is 7.86. The molecule has 1 aliphatic carbocycles. The Labute approximate surface area is 137 Å². The van der Waals surface area contributed by atoms with E-state index in [9.17, 15) is 9.90 Å². The number of fused-ring (bicyclic) bond motifs is 1. The molecular formula is C16H17N3O3S. The minimum Gasteiger partial charge on any atom is -0.411 e. The standard InChI is InChI=1S/C16H17N3O3S/c17-11(8-9-4-2-1-3-5-9)16(21)18-12-10-6-7-23-15(10)13(19-22)14(12)20/h1-7,11-12,14,20,22H,8,17H2,(H,18,21)/b19-13-/t11-,12+,14+/m0/s1. The van der Waals surface area contributed by atoms with Crippen LogP contribution in [-0.4, -0.2) is 34.1 Å². The van der Waals surface area contributed by atoms with Crippen LogP contribution in [0.1, 0.15) is 22.0 Å². The van der Waals surface area contributed by atoms with Crippen molar-refractivity contribution >= 4 is 23.0 Å². The number of benzene rings is 1. The maximum Gasteiger partial charge on any atom is 0.237 e. The van der Waals surface area contributed by atoms with Crippen LogP contribution < -0.4 is 11.1 Å². The summed E-state index contributed by atoms with van der Waals surface area (Å²) < 4.78 is 0. The van der Waals surface area contributed by atoms with Crippen LogP contribution in [0.15, 0.2) is 46.9 Å². The van der Waals surface area contributed by atoms with Crippen molar-refractivity contribution in [2.45, 2.75) is 24.6 Å². The summed E-state index contributed by atoms with van der Waals surface area (Å²) in [6.45, 7) is 0. The van der Waals surface area contributed by atoms with E-state index < -0.39 is 18.2 Å². The normalized spacial score (nSPS) is 22.8. The van der Waals surface area contributed by atoms with Gasteiger partial charge in [-0.05, 0) is 29.0 Å². The minimum atomic E-state index is -1.07. The molecular weight excluding hydrogens is 314 g/mol. The van der Waals surface area contributed by atoms with Gasteiger partial charge in [0, 0.05) is 0 Å². The first-order valence-corrected chi connectivity index (χ1v) is 8.07. The number of amides is 1. The van der Waals surface area contributed by atoms with Crippen LogP contribution in [0.2, 0.25) is 0 Å². The summed E-state index contributed by atoms with van der Waals surface area (Å²) in [7, 11) is 0. The quantitative estimate of drug-likeness (QED) is 0.496. The maximum atomic E-state index is 12.3. The lowest BCUT2D eigenvalue weighted by Gasteiger charge is -2.20. The van der Waals surface area contributed by atoms with Gasteiger partial charge >= 0.3 is 0 Å². The van der Waals surface area contributed by atoms with Gasteiger partial charge in [-0.2, -0.15) is 0 Å². The van der Waals surface area contributed by atoms with E-state index in [4.69, 9.17) is 10.9 Å². The molecule has 5 N–H and O–H groups in total. The highest BCUT2D eigenvalue weighted by molar-refractivity contribution is 7.12. The van der Waals surface area contributed by atoms with E-state index in [0.29, 0.717) is 11.3 Å². The fourth-order valence-electron chi connectivity index (χ4n) is 2.72. The summed E-state index contributed by atoms with van der Waals surface area (Å²) >= 11 is 1.36. The minimum absolute atomic E-state index is 0.178. The number of oxime groups is 1. The number of nitrogens with zero attached hydrogens (tertiary/aromatic N) is 1. The molecule has 0 fully saturated rings. The summed E-state index contributed by atoms with van der Waals surface area (Å²) in [4.78, 5) is 13.0. The molecule has 0 aliphatic heterocycles. The highest BCUT2D eigenvalue weighted by atomic mass is 32.1. The van der Waals surface area contributed by atoms with E-state index in [2.05, 4.69) is 10.5 Å². The van der Waals surface area contributed by atoms with Gasteiger partial charge in [0.05, 0.1) is 17.0 Å². The first-order valence-electron chi connectivity index (χ1n) is 7.19. The lowest BCUT2D eigenvalue weighted by atomic mass is 10.0. The molecule has 23 heavy (non-hydrogen) atoms. The fraction of sp³-hybridized carbons (Fsp3) is 0.250. The molecule has 120 valence electrons. The zero-order valence-corrected chi connectivity index (χ0v) is 13.0. The SMILES string of the molecule is N[C@@H](Cc1ccccc1)C(=O)N[C@@H]1c2ccsc2/C(=N\O)[C@@H]1O. The van der Waals surface area contributed by atoms with Gasteiger partial charge in [0.15, 0.2) is 0 Å². The van der Waals surface area contributed by atoms with Crippen LogP contribution in [-0.2, 0) is 11.2 Å². The van der Waals surface area contributed by atoms with E-state index in [1.807, 2.05) is 35.7 Å². The number of hydrogen-bond acceptors (Lipinski definition) is 6. The molecule has 0 saturated carbocycles. The zero-order valence-electron chi connectivity index (χ0n) is 12.2. The molecule has 1 amide bonds. The zero-order chi connectivity index (χ0) is 16.4. The second-order valence-electron chi connectivity index (χ2n) is 5.42. The van der Waals surface area contributed by atoms with E-state index in [1.165, 1.54) is 11.3 Å². The summed E-state index contributed by atoms with van der Waals surface area (Å²) in [5, 5.41) is 27.0. The Hall–Kier alpha value is -2.22. The third-order valence-corrected chi connectivity index (χ3v) is 4.85. The van der Waals surface area contributed by atoms with Gasteiger partial charge in [0.1, 0.15) is 11.8 Å². The predicted octanol–water partition coefficient (Wildman–Crippen LogP) is 1.03. The Kier molecular flexibility index (Phi) is 4.42. The van der Waals surface area contributed by atoms with Gasteiger partial charge in [-0.3, -0.25) is 4.79 Å². The maximum absolute atomic E-state index is 12.3. The smallest absolute Gasteiger partial charge is 0.237 e. The predicted molar refractivity (Wildman–Crippen MR) is 87.7 cm³/mol. The largest absolute Gasteiger partial charge is 0.411 e. The van der Waals surface area contributed by atoms with Crippen molar-refractivity contribution in [2.24, 2.45) is 10.9 Å². The van der Waals surface area contributed by atoms with E-state index in [1.54, 1.807) is 6.07 Å². The van der Waals surface area contributed by atoms with Crippen LogP contribution in [0, 0.1) is 0 Å². The molecule has 3 atom stereocenters. The molecule has 3 rings (SSSR count). The van der Waals surface area contributed by atoms with Crippen LogP contribution in [0.25, 0.3) is 0 Å². The van der Waals surface area contributed by atoms with Gasteiger partial charge in [0.25, 0.3) is 0 Å². The highest BCUT2D eigenvalue weighted by Crippen LogP contribution is 2.35. The molecule has 1 aromatic heterocycles. The van der Waals surface area contributed by atoms with Crippen LogP contribution in [0.3, 0.4) is 0 Å². The molecule has 1 heterocycles. The van der Waals surface area contributed by atoms with Gasteiger partial charge in [-0.25, -0.2) is 0 Å². The number of aliphatic hydroxyl groups is 1. The summed E-state index contributed by atoms with van der Waals surface area (Å²) in [6, 6.07) is 9.94. The van der Waals surface area contributed by atoms with Crippen LogP contribution in [0.5, 0.6) is 0 Å². The van der Waals surface area contributed by atoms with E-state index in [0.717, 1.165) is 11.1 Å². The third-order valence-electron chi connectivity index (χ3n) is 3.90. The fourth-order valence-corrected chi connectivity index (χ4v) is 3.68. The molecule has 1 aromatic carbocycles. The Morgan fingerprint density at radius 3 is 2.78 bits per heavy atom. The number of carbonyl (C=O) groups is 1. The van der Waals surface area contributed by atoms with Gasteiger partial charge in [0.2, 0.25) is 5.91 Å². The number of thiophene rings is 1. The first-order chi connectivity index (χ1) is 11.1. The van der Waals surface area contributed by atoms with E-state index >= 15 is 0 Å². The van der Waals surface area contributed by atoms with Crippen molar-refractivity contribution in [2.75, 3.05) is 0 Å². The number of rotatable bonds is 4. The van der Waals surface area contributed by atoms with Gasteiger partial charge < -0.3 is 21.4 Å². The average molecular weight is 331 g/mol. The number of aliphatic hydroxyl groups excluding tert-OH is 1. The van der Waals surface area contributed by atoms with Gasteiger partial charge in [-0.1, -0.05) is 35.5 Å². The first kappa shape index (κ1) is 15.7. The summed E-state index contributed by atoms with van der Waals surface area (Å²) in [6.07, 6.45) is -0.664. The molecule has 6 nitrogen and oxygen atoms in total. The Morgan fingerprint density at radius 1 is 1.35 bits per heavy atom. The molecule has 2 aromatic rings. The Bertz CT molecular complexity index is 729. The summed E-state index contributed by atoms with van der Waals surface area (Å²) in [5.74, 6) is -0.353. The molecule has 0 bridgehead atoms. The van der Waals surface area contributed by atoms with Crippen molar-refractivity contribution < 1.29 is 15.1 Å². The van der Waals surface area contributed by atoms with Crippen molar-refractivity contribution in [3.8, 4) is 0 Å². The molecule has 0 saturated heterocycles. The van der Waals surface area contributed by atoms with E-state index in [-0.39, 0.29) is 11.6 Å². The lowest BCUT2D eigenvalue weighted by molar-refractivity contribution is -0.123. The number of nitrogens with one attached hydrogen (secondary N) is 1. The molecule has 0 spiro atoms. The van der Waals surface area contributed by atoms with Crippen molar-refractivity contribution in [3.05, 3.63) is 57.8 Å². The third kappa shape index (κ3) is 2.98. The van der Waals surface area contributed by atoms with Crippen LogP contribution in [0.4, 0.5) is 0 Å². The monoisotopic (exact) mass is 331 g/mol. The molecule has 0 unspecified atom stereocenters. The molecule has 7 heteroatoms. The second kappa shape index (κ2) is 6.49. The lowest BCUT2D eigenvalue weighted by Crippen LogP contribution is -2.46. The van der Waals surface area contributed by atoms with Gasteiger partial charge in [-0.15, -0.1) is 11.3 Å². The second-order valence-corrected chi connectivity index (χ2v) is 6.33. The number of hydrogen-bond donors (Lipinski definition) is 4. The number of nitrogens with two attached hydrogens (primary N) is 1. The Balaban J connectivity index is 1.71. The Morgan fingerprint density at radius 2 is 2.09 bits per heavy atom. The molecule has 0 radical (unpaired) electrons. The van der Waals surface area contributed by atoms with Crippen LogP contribution >= 0.6 is 11.3 Å². The number of carbonyl (C=O) groups excluding carboxylic acids is 1. The van der Waals surface area contributed by atoms with Crippen molar-refractivity contribution in [1.29, 1.82) is 0 Å².